The Balaban J connectivity index is 1.98. The summed E-state index contributed by atoms with van der Waals surface area (Å²) in [5.74, 6) is -0.530. The lowest BCUT2D eigenvalue weighted by molar-refractivity contribution is 0.0590. The van der Waals surface area contributed by atoms with E-state index in [0.29, 0.717) is 28.1 Å². The van der Waals surface area contributed by atoms with E-state index in [1.165, 1.54) is 18.3 Å². The van der Waals surface area contributed by atoms with Crippen molar-refractivity contribution >= 4 is 17.7 Å². The molecule has 31 heavy (non-hydrogen) atoms. The molecule has 0 bridgehead atoms. The Bertz CT molecular complexity index is 1090. The molecule has 0 saturated heterocycles. The number of nitrogens with zero attached hydrogens (tertiary/aromatic N) is 1. The summed E-state index contributed by atoms with van der Waals surface area (Å²) >= 11 is 0. The minimum atomic E-state index is -0.794. The van der Waals surface area contributed by atoms with Crippen LogP contribution in [0.25, 0.3) is 0 Å². The highest BCUT2D eigenvalue weighted by Crippen LogP contribution is 2.24. The SMILES string of the molecule is COC(=O)c1[nH]c(C)c(C(=O)[C@@H](C)N(Cc2ccco2)C(=O)c2ccc(C)cc2)c1C. The molecule has 1 N–H and O–H groups in total. The van der Waals surface area contributed by atoms with Crippen LogP contribution in [0.2, 0.25) is 0 Å². The van der Waals surface area contributed by atoms with E-state index in [1.807, 2.05) is 19.1 Å². The third kappa shape index (κ3) is 4.45. The number of hydrogen-bond donors (Lipinski definition) is 1. The number of benzene rings is 1. The first kappa shape index (κ1) is 22.1. The minimum absolute atomic E-state index is 0.138. The van der Waals surface area contributed by atoms with Crippen LogP contribution in [0.4, 0.5) is 0 Å². The fraction of sp³-hybridized carbons (Fsp3) is 0.292. The summed E-state index contributed by atoms with van der Waals surface area (Å²) in [5, 5.41) is 0. The lowest BCUT2D eigenvalue weighted by Crippen LogP contribution is -2.43. The third-order valence-electron chi connectivity index (χ3n) is 5.39. The maximum Gasteiger partial charge on any atom is 0.354 e. The molecule has 2 aromatic heterocycles. The summed E-state index contributed by atoms with van der Waals surface area (Å²) in [5.41, 5.74) is 3.19. The third-order valence-corrected chi connectivity index (χ3v) is 5.39. The van der Waals surface area contributed by atoms with Crippen molar-refractivity contribution in [2.75, 3.05) is 7.11 Å². The van der Waals surface area contributed by atoms with Crippen LogP contribution in [-0.2, 0) is 11.3 Å². The number of aromatic amines is 1. The standard InChI is InChI=1S/C24H26N2O5/c1-14-8-10-18(11-9-14)23(28)26(13-19-7-6-12-31-19)17(4)22(27)20-15(2)21(24(29)30-5)25-16(20)3/h6-12,17,25H,13H2,1-5H3/t17-/m1/s1. The van der Waals surface area contributed by atoms with E-state index in [9.17, 15) is 14.4 Å². The molecule has 3 aromatic rings. The van der Waals surface area contributed by atoms with E-state index < -0.39 is 12.0 Å². The van der Waals surface area contributed by atoms with Gasteiger partial charge in [0, 0.05) is 16.8 Å². The van der Waals surface area contributed by atoms with Crippen LogP contribution in [0.5, 0.6) is 0 Å². The number of hydrogen-bond acceptors (Lipinski definition) is 5. The highest BCUT2D eigenvalue weighted by atomic mass is 16.5. The van der Waals surface area contributed by atoms with Crippen LogP contribution in [0.1, 0.15) is 60.7 Å². The van der Waals surface area contributed by atoms with Crippen molar-refractivity contribution in [1.82, 2.24) is 9.88 Å². The lowest BCUT2D eigenvalue weighted by atomic mass is 9.99. The zero-order valence-electron chi connectivity index (χ0n) is 18.3. The van der Waals surface area contributed by atoms with Crippen molar-refractivity contribution < 1.29 is 23.5 Å². The number of H-pyrrole nitrogens is 1. The fourth-order valence-electron chi connectivity index (χ4n) is 3.59. The van der Waals surface area contributed by atoms with Gasteiger partial charge in [0.25, 0.3) is 5.91 Å². The Kier molecular flexibility index (Phi) is 6.44. The average molecular weight is 422 g/mol. The molecule has 0 unspecified atom stereocenters. The molecule has 7 heteroatoms. The molecule has 0 spiro atoms. The normalized spacial score (nSPS) is 11.8. The summed E-state index contributed by atoms with van der Waals surface area (Å²) in [7, 11) is 1.29. The largest absolute Gasteiger partial charge is 0.467 e. The Morgan fingerprint density at radius 2 is 1.77 bits per heavy atom. The van der Waals surface area contributed by atoms with Crippen molar-refractivity contribution in [3.05, 3.63) is 82.1 Å². The predicted octanol–water partition coefficient (Wildman–Crippen LogP) is 4.23. The smallest absolute Gasteiger partial charge is 0.354 e. The maximum atomic E-state index is 13.5. The second kappa shape index (κ2) is 9.04. The van der Waals surface area contributed by atoms with Gasteiger partial charge in [-0.15, -0.1) is 0 Å². The fourth-order valence-corrected chi connectivity index (χ4v) is 3.59. The van der Waals surface area contributed by atoms with Crippen molar-refractivity contribution in [3.8, 4) is 0 Å². The molecular formula is C24H26N2O5. The van der Waals surface area contributed by atoms with Gasteiger partial charge in [-0.2, -0.15) is 0 Å². The van der Waals surface area contributed by atoms with E-state index in [2.05, 4.69) is 4.98 Å². The van der Waals surface area contributed by atoms with Gasteiger partial charge in [-0.1, -0.05) is 17.7 Å². The molecule has 2 heterocycles. The summed E-state index contributed by atoms with van der Waals surface area (Å²) < 4.78 is 10.2. The number of rotatable bonds is 7. The number of amides is 1. The monoisotopic (exact) mass is 422 g/mol. The quantitative estimate of drug-likeness (QED) is 0.454. The molecule has 0 radical (unpaired) electrons. The molecule has 1 aromatic carbocycles. The van der Waals surface area contributed by atoms with E-state index in [0.717, 1.165) is 5.56 Å². The number of aromatic nitrogens is 1. The number of carbonyl (C=O) groups is 3. The van der Waals surface area contributed by atoms with E-state index >= 15 is 0 Å². The first-order valence-electron chi connectivity index (χ1n) is 9.96. The number of ether oxygens (including phenoxy) is 1. The molecule has 162 valence electrons. The van der Waals surface area contributed by atoms with Crippen molar-refractivity contribution in [2.24, 2.45) is 0 Å². The molecule has 0 aliphatic rings. The molecule has 0 saturated carbocycles. The van der Waals surface area contributed by atoms with Crippen LogP contribution in [0.3, 0.4) is 0 Å². The number of aryl methyl sites for hydroxylation is 2. The molecule has 1 atom stereocenters. The molecular weight excluding hydrogens is 396 g/mol. The van der Waals surface area contributed by atoms with Crippen LogP contribution in [0.15, 0.2) is 47.1 Å². The van der Waals surface area contributed by atoms with Crippen molar-refractivity contribution in [1.29, 1.82) is 0 Å². The Morgan fingerprint density at radius 3 is 2.35 bits per heavy atom. The topological polar surface area (TPSA) is 92.6 Å². The number of nitrogens with one attached hydrogen (secondary N) is 1. The number of methoxy groups -OCH3 is 1. The Hall–Kier alpha value is -3.61. The van der Waals surface area contributed by atoms with Crippen LogP contribution in [-0.4, -0.2) is 40.7 Å². The van der Waals surface area contributed by atoms with Gasteiger partial charge < -0.3 is 19.0 Å². The van der Waals surface area contributed by atoms with E-state index in [4.69, 9.17) is 9.15 Å². The van der Waals surface area contributed by atoms with E-state index in [1.54, 1.807) is 45.0 Å². The Morgan fingerprint density at radius 1 is 1.10 bits per heavy atom. The predicted molar refractivity (Wildman–Crippen MR) is 115 cm³/mol. The van der Waals surface area contributed by atoms with Crippen LogP contribution < -0.4 is 0 Å². The number of ketones is 1. The second-order valence-corrected chi connectivity index (χ2v) is 7.54. The second-order valence-electron chi connectivity index (χ2n) is 7.54. The zero-order chi connectivity index (χ0) is 22.7. The number of esters is 1. The lowest BCUT2D eigenvalue weighted by Gasteiger charge is -2.28. The molecule has 3 rings (SSSR count). The highest BCUT2D eigenvalue weighted by Gasteiger charge is 2.32. The maximum absolute atomic E-state index is 13.5. The van der Waals surface area contributed by atoms with Gasteiger partial charge in [-0.25, -0.2) is 4.79 Å². The number of furan rings is 1. The average Bonchev–Trinajstić information content (AvgIpc) is 3.38. The molecule has 0 fully saturated rings. The molecule has 1 amide bonds. The summed E-state index contributed by atoms with van der Waals surface area (Å²) in [6.07, 6.45) is 1.53. The Labute approximate surface area is 181 Å². The molecule has 0 aliphatic heterocycles. The molecule has 7 nitrogen and oxygen atoms in total. The van der Waals surface area contributed by atoms with Crippen molar-refractivity contribution in [3.63, 3.8) is 0 Å². The minimum Gasteiger partial charge on any atom is -0.467 e. The number of carbonyl (C=O) groups excluding carboxylic acids is 3. The van der Waals surface area contributed by atoms with Crippen molar-refractivity contribution in [2.45, 2.75) is 40.3 Å². The first-order valence-corrected chi connectivity index (χ1v) is 9.96. The van der Waals surface area contributed by atoms with Gasteiger partial charge in [-0.05, 0) is 57.5 Å². The van der Waals surface area contributed by atoms with Gasteiger partial charge in [0.2, 0.25) is 0 Å². The number of Topliss-reactive ketones (excluding diaryl/α,β-unsaturated/α-hetero) is 1. The first-order chi connectivity index (χ1) is 14.7. The van der Waals surface area contributed by atoms with E-state index in [-0.39, 0.29) is 23.9 Å². The van der Waals surface area contributed by atoms with Gasteiger partial charge in [-0.3, -0.25) is 9.59 Å². The highest BCUT2D eigenvalue weighted by molar-refractivity contribution is 6.07. The van der Waals surface area contributed by atoms with Gasteiger partial charge in [0.1, 0.15) is 11.5 Å². The van der Waals surface area contributed by atoms with Crippen LogP contribution >= 0.6 is 0 Å². The zero-order valence-corrected chi connectivity index (χ0v) is 18.3. The summed E-state index contributed by atoms with van der Waals surface area (Å²) in [6.45, 7) is 7.17. The summed E-state index contributed by atoms with van der Waals surface area (Å²) in [4.78, 5) is 43.2. The van der Waals surface area contributed by atoms with Gasteiger partial charge >= 0.3 is 5.97 Å². The van der Waals surface area contributed by atoms with Crippen LogP contribution in [0, 0.1) is 20.8 Å². The van der Waals surface area contributed by atoms with Gasteiger partial charge in [0.15, 0.2) is 5.78 Å². The summed E-state index contributed by atoms with van der Waals surface area (Å²) in [6, 6.07) is 9.89. The molecule has 0 aliphatic carbocycles. The van der Waals surface area contributed by atoms with Gasteiger partial charge in [0.05, 0.1) is 26.0 Å².